The van der Waals surface area contributed by atoms with E-state index in [1.54, 1.807) is 0 Å². The third-order valence-corrected chi connectivity index (χ3v) is 3.46. The fraction of sp³-hybridized carbons (Fsp3) is 0.167. The number of aromatic nitrogens is 2. The average Bonchev–Trinajstić information content (AvgIpc) is 2.45. The summed E-state index contributed by atoms with van der Waals surface area (Å²) in [4.78, 5) is 18.5. The van der Waals surface area contributed by atoms with E-state index in [2.05, 4.69) is 31.2 Å². The molecule has 9 heteroatoms. The molecule has 0 saturated carbocycles. The molecule has 0 aliphatic carbocycles. The van der Waals surface area contributed by atoms with E-state index in [1.807, 2.05) is 6.92 Å². The molecule has 0 unspecified atom stereocenters. The SMILES string of the molecule is CCNc1ncnc(Oc2c(Cl)cccc2[N+](=O)[O-])c1Br. The van der Waals surface area contributed by atoms with Gasteiger partial charge in [0.25, 0.3) is 0 Å². The Kier molecular flexibility index (Phi) is 4.92. The standard InChI is InChI=1S/C12H10BrClN4O3/c1-2-15-11-9(13)12(17-6-16-11)21-10-7(14)4-3-5-8(10)18(19)20/h3-6H,2H2,1H3,(H,15,16,17). The molecular weight excluding hydrogens is 364 g/mol. The van der Waals surface area contributed by atoms with Crippen molar-refractivity contribution in [2.75, 3.05) is 11.9 Å². The van der Waals surface area contributed by atoms with Crippen molar-refractivity contribution in [3.63, 3.8) is 0 Å². The largest absolute Gasteiger partial charge is 0.429 e. The van der Waals surface area contributed by atoms with Crippen molar-refractivity contribution in [1.29, 1.82) is 0 Å². The average molecular weight is 374 g/mol. The predicted octanol–water partition coefficient (Wildman–Crippen LogP) is 4.02. The lowest BCUT2D eigenvalue weighted by Gasteiger charge is -2.10. The molecule has 0 fully saturated rings. The lowest BCUT2D eigenvalue weighted by Crippen LogP contribution is -2.03. The smallest absolute Gasteiger partial charge is 0.313 e. The number of hydrogen-bond donors (Lipinski definition) is 1. The van der Waals surface area contributed by atoms with Crippen molar-refractivity contribution in [3.8, 4) is 11.6 Å². The molecule has 21 heavy (non-hydrogen) atoms. The summed E-state index contributed by atoms with van der Waals surface area (Å²) in [6.07, 6.45) is 1.29. The maximum Gasteiger partial charge on any atom is 0.313 e. The molecule has 7 nitrogen and oxygen atoms in total. The lowest BCUT2D eigenvalue weighted by molar-refractivity contribution is -0.385. The minimum atomic E-state index is -0.568. The topological polar surface area (TPSA) is 90.2 Å². The highest BCUT2D eigenvalue weighted by molar-refractivity contribution is 9.10. The van der Waals surface area contributed by atoms with Crippen LogP contribution in [0.25, 0.3) is 0 Å². The molecule has 0 aliphatic rings. The zero-order valence-electron chi connectivity index (χ0n) is 10.8. The van der Waals surface area contributed by atoms with Crippen molar-refractivity contribution in [3.05, 3.63) is 44.1 Å². The van der Waals surface area contributed by atoms with Crippen molar-refractivity contribution in [2.45, 2.75) is 6.92 Å². The maximum atomic E-state index is 11.0. The number of rotatable bonds is 5. The van der Waals surface area contributed by atoms with E-state index in [0.29, 0.717) is 16.8 Å². The first-order chi connectivity index (χ1) is 10.0. The number of benzene rings is 1. The van der Waals surface area contributed by atoms with E-state index < -0.39 is 4.92 Å². The van der Waals surface area contributed by atoms with Crippen LogP contribution in [0.15, 0.2) is 29.0 Å². The van der Waals surface area contributed by atoms with E-state index in [0.717, 1.165) is 0 Å². The van der Waals surface area contributed by atoms with Crippen LogP contribution in [0.5, 0.6) is 11.6 Å². The molecule has 0 saturated heterocycles. The third kappa shape index (κ3) is 3.40. The summed E-state index contributed by atoms with van der Waals surface area (Å²) in [5, 5.41) is 14.2. The normalized spacial score (nSPS) is 10.2. The number of ether oxygens (including phenoxy) is 1. The second-order valence-electron chi connectivity index (χ2n) is 3.82. The zero-order valence-corrected chi connectivity index (χ0v) is 13.2. The van der Waals surface area contributed by atoms with Crippen molar-refractivity contribution < 1.29 is 9.66 Å². The van der Waals surface area contributed by atoms with Crippen LogP contribution < -0.4 is 10.1 Å². The van der Waals surface area contributed by atoms with Gasteiger partial charge in [-0.25, -0.2) is 9.97 Å². The summed E-state index contributed by atoms with van der Waals surface area (Å²) >= 11 is 9.27. The van der Waals surface area contributed by atoms with E-state index in [9.17, 15) is 10.1 Å². The Morgan fingerprint density at radius 3 is 2.90 bits per heavy atom. The minimum absolute atomic E-state index is 0.0639. The summed E-state index contributed by atoms with van der Waals surface area (Å²) in [5.41, 5.74) is -0.238. The highest BCUT2D eigenvalue weighted by Gasteiger charge is 2.21. The number of anilines is 1. The van der Waals surface area contributed by atoms with E-state index in [1.165, 1.54) is 24.5 Å². The van der Waals surface area contributed by atoms with Gasteiger partial charge in [0.15, 0.2) is 0 Å². The number of nitrogens with one attached hydrogen (secondary N) is 1. The van der Waals surface area contributed by atoms with Gasteiger partial charge in [0.05, 0.1) is 9.95 Å². The van der Waals surface area contributed by atoms with Crippen LogP contribution in [-0.2, 0) is 0 Å². The fourth-order valence-corrected chi connectivity index (χ4v) is 2.19. The number of nitro benzene ring substituents is 1. The minimum Gasteiger partial charge on any atom is -0.429 e. The van der Waals surface area contributed by atoms with Crippen LogP contribution in [0.1, 0.15) is 6.92 Å². The van der Waals surface area contributed by atoms with E-state index >= 15 is 0 Å². The molecule has 1 heterocycles. The van der Waals surface area contributed by atoms with E-state index in [-0.39, 0.29) is 22.3 Å². The van der Waals surface area contributed by atoms with E-state index in [4.69, 9.17) is 16.3 Å². The Balaban J connectivity index is 2.44. The molecule has 0 amide bonds. The molecule has 0 radical (unpaired) electrons. The Labute approximate surface area is 133 Å². The molecule has 0 aliphatic heterocycles. The number of halogens is 2. The molecule has 1 aromatic carbocycles. The van der Waals surface area contributed by atoms with Gasteiger partial charge in [-0.3, -0.25) is 10.1 Å². The van der Waals surface area contributed by atoms with Crippen LogP contribution in [-0.4, -0.2) is 21.4 Å². The molecule has 0 spiro atoms. The van der Waals surface area contributed by atoms with Crippen LogP contribution in [0.3, 0.4) is 0 Å². The third-order valence-electron chi connectivity index (χ3n) is 2.44. The molecular formula is C12H10BrClN4O3. The highest BCUT2D eigenvalue weighted by atomic mass is 79.9. The van der Waals surface area contributed by atoms with Crippen molar-refractivity contribution in [1.82, 2.24) is 9.97 Å². The van der Waals surface area contributed by atoms with Gasteiger partial charge in [0, 0.05) is 12.6 Å². The van der Waals surface area contributed by atoms with Gasteiger partial charge in [-0.15, -0.1) is 0 Å². The van der Waals surface area contributed by atoms with Crippen LogP contribution in [0.2, 0.25) is 5.02 Å². The van der Waals surface area contributed by atoms with Gasteiger partial charge in [-0.1, -0.05) is 17.7 Å². The first-order valence-electron chi connectivity index (χ1n) is 5.89. The molecule has 0 bridgehead atoms. The predicted molar refractivity (Wildman–Crippen MR) is 82.1 cm³/mol. The number of para-hydroxylation sites is 1. The molecule has 2 aromatic rings. The Hall–Kier alpha value is -1.93. The van der Waals surface area contributed by atoms with Crippen molar-refractivity contribution >= 4 is 39.0 Å². The van der Waals surface area contributed by atoms with Gasteiger partial charge in [-0.05, 0) is 28.9 Å². The van der Waals surface area contributed by atoms with Crippen LogP contribution in [0.4, 0.5) is 11.5 Å². The lowest BCUT2D eigenvalue weighted by atomic mass is 10.3. The zero-order chi connectivity index (χ0) is 15.4. The number of hydrogen-bond acceptors (Lipinski definition) is 6. The Morgan fingerprint density at radius 2 is 2.24 bits per heavy atom. The number of nitro groups is 1. The molecule has 0 atom stereocenters. The second-order valence-corrected chi connectivity index (χ2v) is 5.02. The van der Waals surface area contributed by atoms with Crippen LogP contribution in [0, 0.1) is 10.1 Å². The maximum absolute atomic E-state index is 11.0. The monoisotopic (exact) mass is 372 g/mol. The first kappa shape index (κ1) is 15.5. The van der Waals surface area contributed by atoms with Gasteiger partial charge >= 0.3 is 5.69 Å². The molecule has 1 aromatic heterocycles. The summed E-state index contributed by atoms with van der Waals surface area (Å²) in [5.74, 6) is 0.598. The van der Waals surface area contributed by atoms with Gasteiger partial charge in [-0.2, -0.15) is 0 Å². The first-order valence-corrected chi connectivity index (χ1v) is 7.06. The summed E-state index contributed by atoms with van der Waals surface area (Å²) in [6.45, 7) is 2.56. The molecule has 110 valence electrons. The summed E-state index contributed by atoms with van der Waals surface area (Å²) in [6, 6.07) is 4.29. The molecule has 1 N–H and O–H groups in total. The Morgan fingerprint density at radius 1 is 1.48 bits per heavy atom. The van der Waals surface area contributed by atoms with Gasteiger partial charge < -0.3 is 10.1 Å². The number of nitrogens with zero attached hydrogens (tertiary/aromatic N) is 3. The highest BCUT2D eigenvalue weighted by Crippen LogP contribution is 2.40. The summed E-state index contributed by atoms with van der Waals surface area (Å²) < 4.78 is 5.97. The quantitative estimate of drug-likeness (QED) is 0.628. The van der Waals surface area contributed by atoms with Crippen molar-refractivity contribution in [2.24, 2.45) is 0 Å². The summed E-state index contributed by atoms with van der Waals surface area (Å²) in [7, 11) is 0. The fourth-order valence-electron chi connectivity index (χ4n) is 1.55. The van der Waals surface area contributed by atoms with Gasteiger partial charge in [0.2, 0.25) is 11.6 Å². The van der Waals surface area contributed by atoms with Crippen LogP contribution >= 0.6 is 27.5 Å². The Bertz CT molecular complexity index is 684. The second kappa shape index (κ2) is 6.68. The van der Waals surface area contributed by atoms with Gasteiger partial charge in [0.1, 0.15) is 16.6 Å². The molecule has 2 rings (SSSR count).